The van der Waals surface area contributed by atoms with Crippen LogP contribution in [0.5, 0.6) is 0 Å². The number of nitrogens with zero attached hydrogens (tertiary/aromatic N) is 3. The summed E-state index contributed by atoms with van der Waals surface area (Å²) < 4.78 is 10.7. The molecule has 2 heterocycles. The maximum absolute atomic E-state index is 11.7. The fraction of sp³-hybridized carbons (Fsp3) is 0.471. The molecule has 1 aliphatic carbocycles. The van der Waals surface area contributed by atoms with Crippen LogP contribution in [0.15, 0.2) is 28.7 Å². The lowest BCUT2D eigenvalue weighted by Gasteiger charge is -2.17. The van der Waals surface area contributed by atoms with Crippen molar-refractivity contribution in [3.63, 3.8) is 0 Å². The molecule has 2 aromatic rings. The summed E-state index contributed by atoms with van der Waals surface area (Å²) in [5.74, 6) is 1.84. The lowest BCUT2D eigenvalue weighted by molar-refractivity contribution is 0.181. The number of rotatable bonds is 6. The van der Waals surface area contributed by atoms with Gasteiger partial charge < -0.3 is 14.5 Å². The van der Waals surface area contributed by atoms with Crippen LogP contribution >= 0.6 is 0 Å². The second-order valence-electron chi connectivity index (χ2n) is 6.27. The van der Waals surface area contributed by atoms with Gasteiger partial charge in [-0.2, -0.15) is 0 Å². The first-order chi connectivity index (χ1) is 11.7. The zero-order chi connectivity index (χ0) is 16.5. The van der Waals surface area contributed by atoms with Crippen molar-refractivity contribution < 1.29 is 13.9 Å². The van der Waals surface area contributed by atoms with Crippen LogP contribution in [0.4, 0.5) is 10.5 Å². The predicted octanol–water partition coefficient (Wildman–Crippen LogP) is 2.75. The summed E-state index contributed by atoms with van der Waals surface area (Å²) in [6.45, 7) is 3.63. The summed E-state index contributed by atoms with van der Waals surface area (Å²) >= 11 is 0. The van der Waals surface area contributed by atoms with Crippen LogP contribution in [-0.4, -0.2) is 29.4 Å². The quantitative estimate of drug-likeness (QED) is 0.878. The first-order valence-corrected chi connectivity index (χ1v) is 8.30. The average molecular weight is 328 g/mol. The Morgan fingerprint density at radius 3 is 3.00 bits per heavy atom. The number of anilines is 1. The van der Waals surface area contributed by atoms with Crippen LogP contribution < -0.4 is 10.2 Å². The Morgan fingerprint density at radius 1 is 1.38 bits per heavy atom. The van der Waals surface area contributed by atoms with Gasteiger partial charge in [0, 0.05) is 17.6 Å². The minimum Gasteiger partial charge on any atom is -0.447 e. The molecule has 7 nitrogen and oxygen atoms in total. The maximum atomic E-state index is 11.7. The first-order valence-electron chi connectivity index (χ1n) is 8.30. The van der Waals surface area contributed by atoms with Crippen LogP contribution in [0.25, 0.3) is 0 Å². The number of amides is 1. The van der Waals surface area contributed by atoms with Crippen LogP contribution in [0.1, 0.15) is 49.1 Å². The SMILES string of the molecule is C[C@@H](NCc1nnc(C2CC2)o1)c1cccc(N2CCOC2=O)c1. The van der Waals surface area contributed by atoms with E-state index in [1.807, 2.05) is 24.3 Å². The molecule has 1 aromatic heterocycles. The number of carbonyl (C=O) groups is 1. The Kier molecular flexibility index (Phi) is 3.93. The molecule has 2 fully saturated rings. The minimum absolute atomic E-state index is 0.0971. The molecule has 0 unspecified atom stereocenters. The summed E-state index contributed by atoms with van der Waals surface area (Å²) in [6, 6.07) is 8.01. The highest BCUT2D eigenvalue weighted by molar-refractivity contribution is 5.89. The van der Waals surface area contributed by atoms with E-state index < -0.39 is 0 Å². The number of carbonyl (C=O) groups excluding carboxylic acids is 1. The highest BCUT2D eigenvalue weighted by atomic mass is 16.6. The van der Waals surface area contributed by atoms with Crippen molar-refractivity contribution in [1.29, 1.82) is 0 Å². The van der Waals surface area contributed by atoms with Gasteiger partial charge in [0.25, 0.3) is 0 Å². The number of hydrogen-bond acceptors (Lipinski definition) is 6. The van der Waals surface area contributed by atoms with Crippen LogP contribution in [0, 0.1) is 0 Å². The molecule has 24 heavy (non-hydrogen) atoms. The number of benzene rings is 1. The second-order valence-corrected chi connectivity index (χ2v) is 6.27. The lowest BCUT2D eigenvalue weighted by atomic mass is 10.1. The van der Waals surface area contributed by atoms with E-state index in [4.69, 9.17) is 9.15 Å². The number of cyclic esters (lactones) is 1. The van der Waals surface area contributed by atoms with E-state index in [-0.39, 0.29) is 12.1 Å². The van der Waals surface area contributed by atoms with Crippen LogP contribution in [-0.2, 0) is 11.3 Å². The highest BCUT2D eigenvalue weighted by Crippen LogP contribution is 2.39. The van der Waals surface area contributed by atoms with E-state index in [1.165, 1.54) is 0 Å². The van der Waals surface area contributed by atoms with Crippen molar-refractivity contribution in [3.05, 3.63) is 41.6 Å². The molecular weight excluding hydrogens is 308 g/mol. The zero-order valence-corrected chi connectivity index (χ0v) is 13.6. The molecule has 1 saturated heterocycles. The van der Waals surface area contributed by atoms with Gasteiger partial charge in [-0.15, -0.1) is 10.2 Å². The molecule has 0 radical (unpaired) electrons. The number of aromatic nitrogens is 2. The molecular formula is C17H20N4O3. The maximum Gasteiger partial charge on any atom is 0.414 e. The van der Waals surface area contributed by atoms with Crippen molar-refractivity contribution in [2.45, 2.75) is 38.3 Å². The highest BCUT2D eigenvalue weighted by Gasteiger charge is 2.29. The van der Waals surface area contributed by atoms with Crippen molar-refractivity contribution in [2.75, 3.05) is 18.1 Å². The van der Waals surface area contributed by atoms with Crippen LogP contribution in [0.2, 0.25) is 0 Å². The fourth-order valence-electron chi connectivity index (χ4n) is 2.78. The zero-order valence-electron chi connectivity index (χ0n) is 13.6. The van der Waals surface area contributed by atoms with Crippen molar-refractivity contribution in [2.24, 2.45) is 0 Å². The van der Waals surface area contributed by atoms with Gasteiger partial charge >= 0.3 is 6.09 Å². The minimum atomic E-state index is -0.286. The molecule has 2 aliphatic rings. The van der Waals surface area contributed by atoms with Gasteiger partial charge in [-0.25, -0.2) is 4.79 Å². The lowest BCUT2D eigenvalue weighted by Crippen LogP contribution is -2.24. The van der Waals surface area contributed by atoms with Gasteiger partial charge in [-0.3, -0.25) is 4.90 Å². The third-order valence-electron chi connectivity index (χ3n) is 4.41. The molecule has 1 N–H and O–H groups in total. The molecule has 0 bridgehead atoms. The molecule has 126 valence electrons. The van der Waals surface area contributed by atoms with Crippen molar-refractivity contribution in [3.8, 4) is 0 Å². The first kappa shape index (κ1) is 15.1. The van der Waals surface area contributed by atoms with Gasteiger partial charge in [0.15, 0.2) is 0 Å². The molecule has 1 atom stereocenters. The van der Waals surface area contributed by atoms with Crippen molar-refractivity contribution in [1.82, 2.24) is 15.5 Å². The van der Waals surface area contributed by atoms with E-state index >= 15 is 0 Å². The summed E-state index contributed by atoms with van der Waals surface area (Å²) in [5, 5.41) is 11.6. The van der Waals surface area contributed by atoms with Crippen LogP contribution in [0.3, 0.4) is 0 Å². The normalized spacial score (nSPS) is 18.7. The molecule has 1 aliphatic heterocycles. The molecule has 1 amide bonds. The molecule has 1 saturated carbocycles. The third kappa shape index (κ3) is 3.12. The summed E-state index contributed by atoms with van der Waals surface area (Å²) in [7, 11) is 0. The number of ether oxygens (including phenoxy) is 1. The summed E-state index contributed by atoms with van der Waals surface area (Å²) in [6.07, 6.45) is 2.01. The molecule has 1 aromatic carbocycles. The Hall–Kier alpha value is -2.41. The number of hydrogen-bond donors (Lipinski definition) is 1. The van der Waals surface area contributed by atoms with Gasteiger partial charge in [0.1, 0.15) is 6.61 Å². The van der Waals surface area contributed by atoms with Gasteiger partial charge in [0.05, 0.1) is 13.1 Å². The largest absolute Gasteiger partial charge is 0.447 e. The van der Waals surface area contributed by atoms with E-state index in [2.05, 4.69) is 22.4 Å². The Morgan fingerprint density at radius 2 is 2.25 bits per heavy atom. The topological polar surface area (TPSA) is 80.5 Å². The predicted molar refractivity (Wildman–Crippen MR) is 86.7 cm³/mol. The van der Waals surface area contributed by atoms with Gasteiger partial charge in [-0.1, -0.05) is 12.1 Å². The standard InChI is InChI=1S/C17H20N4O3/c1-11(18-10-15-19-20-16(24-15)12-5-6-12)13-3-2-4-14(9-13)21-7-8-23-17(21)22/h2-4,9,11-12,18H,5-8,10H2,1H3/t11-/m1/s1. The fourth-order valence-corrected chi connectivity index (χ4v) is 2.78. The second kappa shape index (κ2) is 6.24. The van der Waals surface area contributed by atoms with E-state index in [0.717, 1.165) is 30.0 Å². The molecule has 7 heteroatoms. The van der Waals surface area contributed by atoms with Gasteiger partial charge in [0.2, 0.25) is 11.8 Å². The van der Waals surface area contributed by atoms with E-state index in [0.29, 0.717) is 31.5 Å². The Labute approximate surface area is 140 Å². The number of nitrogens with one attached hydrogen (secondary N) is 1. The van der Waals surface area contributed by atoms with E-state index in [9.17, 15) is 4.79 Å². The Bertz CT molecular complexity index is 741. The van der Waals surface area contributed by atoms with Crippen molar-refractivity contribution >= 4 is 11.8 Å². The Balaban J connectivity index is 1.40. The van der Waals surface area contributed by atoms with E-state index in [1.54, 1.807) is 4.90 Å². The average Bonchev–Trinajstić information content (AvgIpc) is 3.19. The van der Waals surface area contributed by atoms with Gasteiger partial charge in [-0.05, 0) is 37.5 Å². The summed E-state index contributed by atoms with van der Waals surface area (Å²) in [5.41, 5.74) is 1.95. The molecule has 0 spiro atoms. The molecule has 4 rings (SSSR count). The summed E-state index contributed by atoms with van der Waals surface area (Å²) in [4.78, 5) is 13.3. The monoisotopic (exact) mass is 328 g/mol. The third-order valence-corrected chi connectivity index (χ3v) is 4.41. The smallest absolute Gasteiger partial charge is 0.414 e.